The molecular weight excluding hydrogens is 264 g/mol. The molecule has 3 aromatic rings. The topological polar surface area (TPSA) is 79.1 Å². The van der Waals surface area contributed by atoms with E-state index in [0.29, 0.717) is 10.6 Å². The summed E-state index contributed by atoms with van der Waals surface area (Å²) in [5.41, 5.74) is 7.99. The van der Waals surface area contributed by atoms with Crippen molar-refractivity contribution in [3.05, 3.63) is 47.0 Å². The van der Waals surface area contributed by atoms with Crippen LogP contribution in [0.3, 0.4) is 0 Å². The Kier molecular flexibility index (Phi) is 2.69. The third-order valence-electron chi connectivity index (χ3n) is 3.21. The minimum absolute atomic E-state index is 0.567. The highest BCUT2D eigenvalue weighted by atomic mass is 35.5. The minimum atomic E-state index is -1.04. The molecule has 0 radical (unpaired) electrons. The van der Waals surface area contributed by atoms with Gasteiger partial charge < -0.3 is 15.8 Å². The molecule has 0 saturated heterocycles. The van der Waals surface area contributed by atoms with Gasteiger partial charge in [-0.15, -0.1) is 0 Å². The Bertz CT molecular complexity index is 795. The van der Waals surface area contributed by atoms with E-state index in [4.69, 9.17) is 22.4 Å². The Balaban J connectivity index is 2.24. The number of carboxylic acid groups (broad SMARTS) is 1. The normalized spacial score (nSPS) is 12.9. The van der Waals surface area contributed by atoms with Crippen LogP contribution in [0.5, 0.6) is 0 Å². The van der Waals surface area contributed by atoms with Crippen LogP contribution in [0.1, 0.15) is 11.6 Å². The first kappa shape index (κ1) is 12.0. The summed E-state index contributed by atoms with van der Waals surface area (Å²) in [6.07, 6.45) is 0. The molecule has 5 heteroatoms. The fraction of sp³-hybridized carbons (Fsp3) is 0.0714. The van der Waals surface area contributed by atoms with Crippen molar-refractivity contribution < 1.29 is 9.90 Å². The molecule has 0 spiro atoms. The Labute approximate surface area is 113 Å². The van der Waals surface area contributed by atoms with E-state index >= 15 is 0 Å². The second kappa shape index (κ2) is 4.26. The Morgan fingerprint density at radius 1 is 1.16 bits per heavy atom. The molecule has 0 aliphatic rings. The van der Waals surface area contributed by atoms with Crippen LogP contribution in [0.25, 0.3) is 21.8 Å². The summed E-state index contributed by atoms with van der Waals surface area (Å²) in [4.78, 5) is 14.1. The summed E-state index contributed by atoms with van der Waals surface area (Å²) in [6.45, 7) is 0. The van der Waals surface area contributed by atoms with Crippen LogP contribution in [0, 0.1) is 0 Å². The Hall–Kier alpha value is -2.04. The van der Waals surface area contributed by atoms with Gasteiger partial charge in [0.15, 0.2) is 0 Å². The maximum absolute atomic E-state index is 10.9. The molecule has 0 aliphatic carbocycles. The predicted octanol–water partition coefficient (Wildman–Crippen LogP) is 3.06. The number of hydrogen-bond donors (Lipinski definition) is 3. The van der Waals surface area contributed by atoms with Gasteiger partial charge in [-0.05, 0) is 29.8 Å². The third kappa shape index (κ3) is 1.95. The summed E-state index contributed by atoms with van der Waals surface area (Å²) in [7, 11) is 0. The number of rotatable bonds is 2. The van der Waals surface area contributed by atoms with E-state index in [2.05, 4.69) is 4.98 Å². The number of carbonyl (C=O) groups is 1. The number of carboxylic acids is 1. The van der Waals surface area contributed by atoms with Crippen molar-refractivity contribution in [2.45, 2.75) is 6.04 Å². The van der Waals surface area contributed by atoms with Gasteiger partial charge in [0.05, 0.1) is 0 Å². The van der Waals surface area contributed by atoms with Crippen LogP contribution < -0.4 is 5.73 Å². The van der Waals surface area contributed by atoms with E-state index in [1.165, 1.54) is 0 Å². The maximum atomic E-state index is 10.9. The first-order valence-electron chi connectivity index (χ1n) is 5.75. The summed E-state index contributed by atoms with van der Waals surface area (Å²) < 4.78 is 0. The number of aromatic nitrogens is 1. The lowest BCUT2D eigenvalue weighted by atomic mass is 10.1. The minimum Gasteiger partial charge on any atom is -0.480 e. The zero-order valence-corrected chi connectivity index (χ0v) is 10.6. The van der Waals surface area contributed by atoms with E-state index in [1.807, 2.05) is 24.3 Å². The number of H-pyrrole nitrogens is 1. The van der Waals surface area contributed by atoms with Crippen molar-refractivity contribution in [2.24, 2.45) is 5.73 Å². The van der Waals surface area contributed by atoms with Crippen LogP contribution in [-0.2, 0) is 4.79 Å². The number of aromatic amines is 1. The fourth-order valence-electron chi connectivity index (χ4n) is 2.23. The lowest BCUT2D eigenvalue weighted by Crippen LogP contribution is -2.20. The summed E-state index contributed by atoms with van der Waals surface area (Å²) in [5.74, 6) is -1.04. The Morgan fingerprint density at radius 2 is 1.95 bits per heavy atom. The van der Waals surface area contributed by atoms with Gasteiger partial charge >= 0.3 is 5.97 Å². The molecule has 4 N–H and O–H groups in total. The molecular formula is C14H11ClN2O2. The highest BCUT2D eigenvalue weighted by molar-refractivity contribution is 6.31. The number of hydrogen-bond acceptors (Lipinski definition) is 2. The molecule has 0 fully saturated rings. The van der Waals surface area contributed by atoms with Crippen molar-refractivity contribution in [3.63, 3.8) is 0 Å². The first-order chi connectivity index (χ1) is 9.06. The fourth-order valence-corrected chi connectivity index (χ4v) is 2.40. The second-order valence-corrected chi connectivity index (χ2v) is 4.87. The van der Waals surface area contributed by atoms with E-state index in [1.54, 1.807) is 12.1 Å². The number of fused-ring (bicyclic) bond motifs is 3. The summed E-state index contributed by atoms with van der Waals surface area (Å²) >= 11 is 5.99. The standard InChI is InChI=1S/C14H11ClN2O2/c15-8-2-4-11-10(6-8)9-3-1-7(5-12(9)17-11)13(16)14(18)19/h1-6,13,17H,16H2,(H,18,19)/t13-/m0/s1. The highest BCUT2D eigenvalue weighted by Crippen LogP contribution is 2.29. The molecule has 4 nitrogen and oxygen atoms in total. The van der Waals surface area contributed by atoms with Crippen LogP contribution in [0.15, 0.2) is 36.4 Å². The van der Waals surface area contributed by atoms with E-state index in [9.17, 15) is 4.79 Å². The smallest absolute Gasteiger partial charge is 0.325 e. The van der Waals surface area contributed by atoms with Crippen LogP contribution in [0.2, 0.25) is 5.02 Å². The zero-order chi connectivity index (χ0) is 13.6. The largest absolute Gasteiger partial charge is 0.480 e. The molecule has 1 aromatic heterocycles. The van der Waals surface area contributed by atoms with E-state index in [-0.39, 0.29) is 0 Å². The number of aliphatic carboxylic acids is 1. The van der Waals surface area contributed by atoms with Crippen molar-refractivity contribution in [1.29, 1.82) is 0 Å². The molecule has 1 atom stereocenters. The molecule has 2 aromatic carbocycles. The van der Waals surface area contributed by atoms with Crippen LogP contribution in [0.4, 0.5) is 0 Å². The highest BCUT2D eigenvalue weighted by Gasteiger charge is 2.15. The van der Waals surface area contributed by atoms with Gasteiger partial charge in [-0.1, -0.05) is 23.7 Å². The molecule has 0 amide bonds. The molecule has 0 aliphatic heterocycles. The molecule has 0 unspecified atom stereocenters. The third-order valence-corrected chi connectivity index (χ3v) is 3.45. The lowest BCUT2D eigenvalue weighted by Gasteiger charge is -2.06. The second-order valence-electron chi connectivity index (χ2n) is 4.44. The molecule has 19 heavy (non-hydrogen) atoms. The van der Waals surface area contributed by atoms with Gasteiger partial charge in [-0.3, -0.25) is 4.79 Å². The van der Waals surface area contributed by atoms with Gasteiger partial charge in [0, 0.05) is 26.8 Å². The summed E-state index contributed by atoms with van der Waals surface area (Å²) in [6, 6.07) is 9.93. The van der Waals surface area contributed by atoms with Crippen LogP contribution in [-0.4, -0.2) is 16.1 Å². The number of benzene rings is 2. The molecule has 0 saturated carbocycles. The SMILES string of the molecule is N[C@H](C(=O)O)c1ccc2c(c1)[nH]c1ccc(Cl)cc12. The van der Waals surface area contributed by atoms with Crippen molar-refractivity contribution in [3.8, 4) is 0 Å². The van der Waals surface area contributed by atoms with Gasteiger partial charge in [-0.25, -0.2) is 0 Å². The predicted molar refractivity (Wildman–Crippen MR) is 75.4 cm³/mol. The van der Waals surface area contributed by atoms with Gasteiger partial charge in [0.25, 0.3) is 0 Å². The van der Waals surface area contributed by atoms with E-state index in [0.717, 1.165) is 21.8 Å². The van der Waals surface area contributed by atoms with Gasteiger partial charge in [-0.2, -0.15) is 0 Å². The van der Waals surface area contributed by atoms with Crippen molar-refractivity contribution in [2.75, 3.05) is 0 Å². The van der Waals surface area contributed by atoms with E-state index < -0.39 is 12.0 Å². The van der Waals surface area contributed by atoms with Gasteiger partial charge in [0.1, 0.15) is 6.04 Å². The molecule has 3 rings (SSSR count). The Morgan fingerprint density at radius 3 is 2.68 bits per heavy atom. The van der Waals surface area contributed by atoms with Crippen molar-refractivity contribution in [1.82, 2.24) is 4.98 Å². The average Bonchev–Trinajstić information content (AvgIpc) is 2.74. The molecule has 96 valence electrons. The number of nitrogens with one attached hydrogen (secondary N) is 1. The maximum Gasteiger partial charge on any atom is 0.325 e. The zero-order valence-electron chi connectivity index (χ0n) is 9.85. The lowest BCUT2D eigenvalue weighted by molar-refractivity contribution is -0.138. The molecule has 1 heterocycles. The molecule has 0 bridgehead atoms. The quantitative estimate of drug-likeness (QED) is 0.672. The van der Waals surface area contributed by atoms with Crippen LogP contribution >= 0.6 is 11.6 Å². The monoisotopic (exact) mass is 274 g/mol. The first-order valence-corrected chi connectivity index (χ1v) is 6.13. The number of nitrogens with two attached hydrogens (primary N) is 1. The summed E-state index contributed by atoms with van der Waals surface area (Å²) in [5, 5.41) is 11.6. The average molecular weight is 275 g/mol. The van der Waals surface area contributed by atoms with Crippen molar-refractivity contribution >= 4 is 39.4 Å². The van der Waals surface area contributed by atoms with Gasteiger partial charge in [0.2, 0.25) is 0 Å². The number of halogens is 1.